The SMILES string of the molecule is CC(C)(O)CCOc1ccc(N)cc1F. The first-order valence-electron chi connectivity index (χ1n) is 4.79. The molecule has 0 saturated carbocycles. The Hall–Kier alpha value is -1.29. The molecular formula is C11H16FNO2. The number of benzene rings is 1. The third-order valence-corrected chi connectivity index (χ3v) is 1.93. The van der Waals surface area contributed by atoms with Crippen molar-refractivity contribution in [3.8, 4) is 5.75 Å². The molecule has 1 aromatic carbocycles. The normalized spacial score (nSPS) is 11.5. The lowest BCUT2D eigenvalue weighted by molar-refractivity contribution is 0.0547. The number of hydrogen-bond donors (Lipinski definition) is 2. The smallest absolute Gasteiger partial charge is 0.167 e. The van der Waals surface area contributed by atoms with Crippen LogP contribution < -0.4 is 10.5 Å². The van der Waals surface area contributed by atoms with E-state index in [0.717, 1.165) is 0 Å². The molecule has 3 nitrogen and oxygen atoms in total. The molecule has 4 heteroatoms. The molecule has 0 unspecified atom stereocenters. The summed E-state index contributed by atoms with van der Waals surface area (Å²) in [5.74, 6) is -0.320. The molecule has 0 saturated heterocycles. The first kappa shape index (κ1) is 11.8. The van der Waals surface area contributed by atoms with Crippen LogP contribution in [-0.4, -0.2) is 17.3 Å². The highest BCUT2D eigenvalue weighted by Gasteiger charge is 2.12. The second kappa shape index (κ2) is 4.49. The number of halogens is 1. The fraction of sp³-hybridized carbons (Fsp3) is 0.455. The number of aliphatic hydroxyl groups is 1. The Kier molecular flexibility index (Phi) is 3.52. The van der Waals surface area contributed by atoms with Crippen LogP contribution >= 0.6 is 0 Å². The van der Waals surface area contributed by atoms with Crippen molar-refractivity contribution in [1.29, 1.82) is 0 Å². The lowest BCUT2D eigenvalue weighted by Gasteiger charge is -2.17. The summed E-state index contributed by atoms with van der Waals surface area (Å²) in [6.45, 7) is 3.62. The minimum atomic E-state index is -0.801. The Balaban J connectivity index is 2.51. The number of hydrogen-bond acceptors (Lipinski definition) is 3. The number of ether oxygens (including phenoxy) is 1. The lowest BCUT2D eigenvalue weighted by Crippen LogP contribution is -2.21. The van der Waals surface area contributed by atoms with E-state index in [2.05, 4.69) is 0 Å². The van der Waals surface area contributed by atoms with Crippen LogP contribution in [0.2, 0.25) is 0 Å². The van der Waals surface area contributed by atoms with Crippen molar-refractivity contribution in [2.24, 2.45) is 0 Å². The second-order valence-electron chi connectivity index (χ2n) is 4.10. The topological polar surface area (TPSA) is 55.5 Å². The maximum atomic E-state index is 13.2. The molecule has 0 spiro atoms. The number of nitrogens with two attached hydrogens (primary N) is 1. The largest absolute Gasteiger partial charge is 0.490 e. The van der Waals surface area contributed by atoms with Gasteiger partial charge >= 0.3 is 0 Å². The standard InChI is InChI=1S/C11H16FNO2/c1-11(2,14)5-6-15-10-4-3-8(13)7-9(10)12/h3-4,7,14H,5-6,13H2,1-2H3. The van der Waals surface area contributed by atoms with Gasteiger partial charge in [0, 0.05) is 18.2 Å². The predicted molar refractivity (Wildman–Crippen MR) is 57.2 cm³/mol. The number of rotatable bonds is 4. The van der Waals surface area contributed by atoms with Crippen LogP contribution in [0.3, 0.4) is 0 Å². The van der Waals surface area contributed by atoms with Gasteiger partial charge in [-0.15, -0.1) is 0 Å². The Morgan fingerprint density at radius 1 is 1.47 bits per heavy atom. The molecule has 0 bridgehead atoms. The van der Waals surface area contributed by atoms with E-state index in [1.54, 1.807) is 19.9 Å². The fourth-order valence-corrected chi connectivity index (χ4v) is 1.04. The van der Waals surface area contributed by atoms with Crippen LogP contribution in [-0.2, 0) is 0 Å². The molecule has 0 radical (unpaired) electrons. The van der Waals surface area contributed by atoms with Gasteiger partial charge in [0.15, 0.2) is 11.6 Å². The van der Waals surface area contributed by atoms with Crippen molar-refractivity contribution in [1.82, 2.24) is 0 Å². The van der Waals surface area contributed by atoms with Crippen LogP contribution in [0.5, 0.6) is 5.75 Å². The first-order chi connectivity index (χ1) is 6.88. The maximum absolute atomic E-state index is 13.2. The fourth-order valence-electron chi connectivity index (χ4n) is 1.04. The van der Waals surface area contributed by atoms with Gasteiger partial charge in [-0.1, -0.05) is 0 Å². The average molecular weight is 213 g/mol. The van der Waals surface area contributed by atoms with Crippen molar-refractivity contribution < 1.29 is 14.2 Å². The molecule has 84 valence electrons. The molecule has 1 rings (SSSR count). The molecular weight excluding hydrogens is 197 g/mol. The summed E-state index contributed by atoms with van der Waals surface area (Å²) in [5, 5.41) is 9.42. The Morgan fingerprint density at radius 2 is 2.13 bits per heavy atom. The Morgan fingerprint density at radius 3 is 2.67 bits per heavy atom. The molecule has 0 aliphatic carbocycles. The highest BCUT2D eigenvalue weighted by Crippen LogP contribution is 2.20. The van der Waals surface area contributed by atoms with Gasteiger partial charge < -0.3 is 15.6 Å². The summed E-state index contributed by atoms with van der Waals surface area (Å²) in [5.41, 5.74) is 4.95. The molecule has 3 N–H and O–H groups in total. The Labute approximate surface area is 88.7 Å². The lowest BCUT2D eigenvalue weighted by atomic mass is 10.1. The molecule has 1 aromatic rings. The van der Waals surface area contributed by atoms with Crippen LogP contribution in [0.25, 0.3) is 0 Å². The first-order valence-corrected chi connectivity index (χ1v) is 4.79. The molecule has 0 fully saturated rings. The highest BCUT2D eigenvalue weighted by molar-refractivity contribution is 5.42. The molecule has 0 heterocycles. The highest BCUT2D eigenvalue weighted by atomic mass is 19.1. The quantitative estimate of drug-likeness (QED) is 0.751. The van der Waals surface area contributed by atoms with Gasteiger partial charge in [0.05, 0.1) is 12.2 Å². The minimum Gasteiger partial charge on any atom is -0.490 e. The molecule has 0 aliphatic rings. The van der Waals surface area contributed by atoms with E-state index in [1.165, 1.54) is 12.1 Å². The molecule has 0 aromatic heterocycles. The van der Waals surface area contributed by atoms with Crippen LogP contribution in [0.4, 0.5) is 10.1 Å². The Bertz CT molecular complexity index is 334. The zero-order valence-corrected chi connectivity index (χ0v) is 8.96. The van der Waals surface area contributed by atoms with Gasteiger partial charge in [0.1, 0.15) is 0 Å². The number of nitrogen functional groups attached to an aromatic ring is 1. The third kappa shape index (κ3) is 4.16. The van der Waals surface area contributed by atoms with E-state index >= 15 is 0 Å². The maximum Gasteiger partial charge on any atom is 0.167 e. The van der Waals surface area contributed by atoms with E-state index in [0.29, 0.717) is 12.1 Å². The van der Waals surface area contributed by atoms with Crippen molar-refractivity contribution >= 4 is 5.69 Å². The predicted octanol–water partition coefficient (Wildman–Crippen LogP) is 1.95. The van der Waals surface area contributed by atoms with Crippen LogP contribution in [0.1, 0.15) is 20.3 Å². The van der Waals surface area contributed by atoms with Gasteiger partial charge in [-0.3, -0.25) is 0 Å². The zero-order chi connectivity index (χ0) is 11.5. The molecule has 0 atom stereocenters. The van der Waals surface area contributed by atoms with Gasteiger partial charge in [-0.05, 0) is 26.0 Å². The van der Waals surface area contributed by atoms with E-state index in [-0.39, 0.29) is 12.4 Å². The van der Waals surface area contributed by atoms with E-state index in [4.69, 9.17) is 10.5 Å². The summed E-state index contributed by atoms with van der Waals surface area (Å²) in [6.07, 6.45) is 0.441. The zero-order valence-electron chi connectivity index (χ0n) is 8.96. The van der Waals surface area contributed by atoms with E-state index < -0.39 is 11.4 Å². The van der Waals surface area contributed by atoms with E-state index in [1.807, 2.05) is 0 Å². The van der Waals surface area contributed by atoms with Crippen molar-refractivity contribution in [3.05, 3.63) is 24.0 Å². The van der Waals surface area contributed by atoms with Crippen molar-refractivity contribution in [2.75, 3.05) is 12.3 Å². The minimum absolute atomic E-state index is 0.161. The van der Waals surface area contributed by atoms with Crippen molar-refractivity contribution in [2.45, 2.75) is 25.9 Å². The van der Waals surface area contributed by atoms with Crippen molar-refractivity contribution in [3.63, 3.8) is 0 Å². The van der Waals surface area contributed by atoms with Gasteiger partial charge in [-0.25, -0.2) is 4.39 Å². The summed E-state index contributed by atoms with van der Waals surface area (Å²) < 4.78 is 18.4. The van der Waals surface area contributed by atoms with Crippen LogP contribution in [0.15, 0.2) is 18.2 Å². The summed E-state index contributed by atoms with van der Waals surface area (Å²) in [4.78, 5) is 0. The summed E-state index contributed by atoms with van der Waals surface area (Å²) >= 11 is 0. The average Bonchev–Trinajstić information content (AvgIpc) is 2.07. The third-order valence-electron chi connectivity index (χ3n) is 1.93. The molecule has 0 aliphatic heterocycles. The van der Waals surface area contributed by atoms with Gasteiger partial charge in [0.25, 0.3) is 0 Å². The van der Waals surface area contributed by atoms with E-state index in [9.17, 15) is 9.50 Å². The second-order valence-corrected chi connectivity index (χ2v) is 4.10. The van der Waals surface area contributed by atoms with Gasteiger partial charge in [-0.2, -0.15) is 0 Å². The number of anilines is 1. The molecule has 0 amide bonds. The monoisotopic (exact) mass is 213 g/mol. The summed E-state index contributed by atoms with van der Waals surface area (Å²) in [7, 11) is 0. The summed E-state index contributed by atoms with van der Waals surface area (Å²) in [6, 6.07) is 4.26. The molecule has 15 heavy (non-hydrogen) atoms. The van der Waals surface area contributed by atoms with Gasteiger partial charge in [0.2, 0.25) is 0 Å². The van der Waals surface area contributed by atoms with Crippen LogP contribution in [0, 0.1) is 5.82 Å².